The zero-order valence-electron chi connectivity index (χ0n) is 24.3. The third-order valence-corrected chi connectivity index (χ3v) is 9.31. The number of nitrogens with zero attached hydrogens (tertiary/aromatic N) is 1. The SMILES string of the molecule is COCCOCCCCNCCSc1cc2nc(c1)CN[C@@H]1CCCC[C@H]1NCCN[C@@H]1CCCC[C@H]1NC2. The Labute approximate surface area is 241 Å². The van der Waals surface area contributed by atoms with Crippen LogP contribution in [-0.4, -0.2) is 88.0 Å². The fourth-order valence-corrected chi connectivity index (χ4v) is 7.09. The number of ether oxygens (including phenoxy) is 2. The second-order valence-corrected chi connectivity index (χ2v) is 12.5. The van der Waals surface area contributed by atoms with Gasteiger partial charge in [-0.3, -0.25) is 4.98 Å². The van der Waals surface area contributed by atoms with Gasteiger partial charge in [0.25, 0.3) is 0 Å². The van der Waals surface area contributed by atoms with Crippen LogP contribution in [0.25, 0.3) is 0 Å². The minimum Gasteiger partial charge on any atom is -0.382 e. The zero-order chi connectivity index (χ0) is 27.0. The molecule has 9 heteroatoms. The van der Waals surface area contributed by atoms with Crippen LogP contribution >= 0.6 is 11.8 Å². The molecule has 8 nitrogen and oxygen atoms in total. The molecule has 4 rings (SSSR count). The molecule has 2 fully saturated rings. The maximum absolute atomic E-state index is 5.55. The molecule has 2 aliphatic carbocycles. The van der Waals surface area contributed by atoms with E-state index in [2.05, 4.69) is 38.7 Å². The van der Waals surface area contributed by atoms with Gasteiger partial charge in [0.2, 0.25) is 0 Å². The monoisotopic (exact) mass is 562 g/mol. The number of fused-ring (bicyclic) bond motifs is 4. The summed E-state index contributed by atoms with van der Waals surface area (Å²) in [5.74, 6) is 1.07. The summed E-state index contributed by atoms with van der Waals surface area (Å²) in [6, 6.07) is 6.80. The largest absolute Gasteiger partial charge is 0.382 e. The third-order valence-electron chi connectivity index (χ3n) is 8.34. The van der Waals surface area contributed by atoms with Gasteiger partial charge in [0.1, 0.15) is 0 Å². The van der Waals surface area contributed by atoms with Crippen molar-refractivity contribution in [3.8, 4) is 0 Å². The fraction of sp³-hybridized carbons (Fsp3) is 0.833. The number of unbranched alkanes of at least 4 members (excludes halogenated alkanes) is 1. The van der Waals surface area contributed by atoms with Crippen LogP contribution in [0.3, 0.4) is 0 Å². The van der Waals surface area contributed by atoms with E-state index in [9.17, 15) is 0 Å². The summed E-state index contributed by atoms with van der Waals surface area (Å²) < 4.78 is 10.6. The number of hydrogen-bond donors (Lipinski definition) is 5. The smallest absolute Gasteiger partial charge is 0.0700 e. The highest BCUT2D eigenvalue weighted by molar-refractivity contribution is 7.99. The number of pyridine rings is 1. The molecular weight excluding hydrogens is 508 g/mol. The highest BCUT2D eigenvalue weighted by atomic mass is 32.2. The van der Waals surface area contributed by atoms with E-state index in [4.69, 9.17) is 14.5 Å². The maximum Gasteiger partial charge on any atom is 0.0700 e. The molecule has 222 valence electrons. The van der Waals surface area contributed by atoms with E-state index >= 15 is 0 Å². The molecule has 0 saturated heterocycles. The van der Waals surface area contributed by atoms with Crippen molar-refractivity contribution < 1.29 is 9.47 Å². The predicted octanol–water partition coefficient (Wildman–Crippen LogP) is 3.20. The van der Waals surface area contributed by atoms with Crippen molar-refractivity contribution in [3.63, 3.8) is 0 Å². The zero-order valence-corrected chi connectivity index (χ0v) is 25.1. The number of nitrogens with one attached hydrogen (secondary N) is 5. The Bertz CT molecular complexity index is 754. The summed E-state index contributed by atoms with van der Waals surface area (Å²) in [5, 5.41) is 19.1. The highest BCUT2D eigenvalue weighted by Crippen LogP contribution is 2.23. The van der Waals surface area contributed by atoms with Crippen molar-refractivity contribution in [1.82, 2.24) is 31.6 Å². The van der Waals surface area contributed by atoms with Gasteiger partial charge in [0.15, 0.2) is 0 Å². The van der Waals surface area contributed by atoms with Gasteiger partial charge >= 0.3 is 0 Å². The first-order valence-corrected chi connectivity index (χ1v) is 16.6. The Morgan fingerprint density at radius 3 is 1.95 bits per heavy atom. The first kappa shape index (κ1) is 31.2. The van der Waals surface area contributed by atoms with Gasteiger partial charge < -0.3 is 36.1 Å². The Balaban J connectivity index is 1.29. The van der Waals surface area contributed by atoms with Gasteiger partial charge in [-0.1, -0.05) is 25.7 Å². The van der Waals surface area contributed by atoms with E-state index in [1.54, 1.807) is 7.11 Å². The fourth-order valence-electron chi connectivity index (χ4n) is 6.17. The molecule has 39 heavy (non-hydrogen) atoms. The summed E-state index contributed by atoms with van der Waals surface area (Å²) in [6.45, 7) is 8.04. The first-order chi connectivity index (χ1) is 19.3. The molecule has 1 aromatic heterocycles. The Kier molecular flexibility index (Phi) is 14.9. The topological polar surface area (TPSA) is 91.5 Å². The number of methoxy groups -OCH3 is 1. The van der Waals surface area contributed by atoms with Gasteiger partial charge in [-0.2, -0.15) is 0 Å². The van der Waals surface area contributed by atoms with Gasteiger partial charge in [0.05, 0.1) is 24.6 Å². The maximum atomic E-state index is 5.55. The van der Waals surface area contributed by atoms with Crippen molar-refractivity contribution in [2.45, 2.75) is 106 Å². The minimum absolute atomic E-state index is 0.528. The molecule has 1 aromatic rings. The predicted molar refractivity (Wildman–Crippen MR) is 162 cm³/mol. The number of rotatable bonds is 12. The summed E-state index contributed by atoms with van der Waals surface area (Å²) in [5.41, 5.74) is 2.35. The Hall–Kier alpha value is -0.780. The standard InChI is InChI=1S/C30H54N6O2S/c1-37-17-18-38-16-7-6-12-31-15-19-39-26-20-24-22-34-29-10-4-2-8-27(29)32-13-14-33-28-9-3-5-11-30(28)35-23-25(21-26)36-24/h20-21,27-35H,2-19,22-23H2,1H3/t27-,28-,29-,30-/m1/s1. The van der Waals surface area contributed by atoms with Crippen LogP contribution in [0.15, 0.2) is 17.0 Å². The summed E-state index contributed by atoms with van der Waals surface area (Å²) in [4.78, 5) is 6.45. The van der Waals surface area contributed by atoms with E-state index in [-0.39, 0.29) is 0 Å². The third kappa shape index (κ3) is 11.6. The van der Waals surface area contributed by atoms with E-state index < -0.39 is 0 Å². The average Bonchev–Trinajstić information content (AvgIpc) is 2.97. The van der Waals surface area contributed by atoms with E-state index in [1.165, 1.54) is 67.6 Å². The van der Waals surface area contributed by atoms with E-state index in [1.807, 2.05) is 11.8 Å². The molecule has 4 atom stereocenters. The van der Waals surface area contributed by atoms with Crippen molar-refractivity contribution in [1.29, 1.82) is 0 Å². The van der Waals surface area contributed by atoms with Crippen LogP contribution in [0.2, 0.25) is 0 Å². The van der Waals surface area contributed by atoms with Gasteiger partial charge in [-0.25, -0.2) is 0 Å². The lowest BCUT2D eigenvalue weighted by molar-refractivity contribution is 0.0688. The van der Waals surface area contributed by atoms with Crippen molar-refractivity contribution in [2.24, 2.45) is 0 Å². The Morgan fingerprint density at radius 1 is 0.769 bits per heavy atom. The van der Waals surface area contributed by atoms with Gasteiger partial charge in [-0.15, -0.1) is 11.8 Å². The molecule has 5 N–H and O–H groups in total. The van der Waals surface area contributed by atoms with Crippen LogP contribution in [0.5, 0.6) is 0 Å². The lowest BCUT2D eigenvalue weighted by Gasteiger charge is -2.34. The second kappa shape index (κ2) is 18.6. The van der Waals surface area contributed by atoms with Crippen LogP contribution in [0.1, 0.15) is 75.6 Å². The van der Waals surface area contributed by atoms with Crippen LogP contribution in [0, 0.1) is 0 Å². The number of aromatic nitrogens is 1. The average molecular weight is 563 g/mol. The molecule has 0 unspecified atom stereocenters. The van der Waals surface area contributed by atoms with Crippen LogP contribution in [-0.2, 0) is 22.6 Å². The lowest BCUT2D eigenvalue weighted by atomic mass is 9.89. The molecule has 2 saturated carbocycles. The lowest BCUT2D eigenvalue weighted by Crippen LogP contribution is -2.53. The summed E-state index contributed by atoms with van der Waals surface area (Å²) in [6.07, 6.45) is 12.6. The molecule has 2 heterocycles. The van der Waals surface area contributed by atoms with Crippen molar-refractivity contribution >= 4 is 11.8 Å². The molecule has 2 bridgehead atoms. The summed E-state index contributed by atoms with van der Waals surface area (Å²) in [7, 11) is 1.71. The van der Waals surface area contributed by atoms with Crippen LogP contribution in [0.4, 0.5) is 0 Å². The second-order valence-electron chi connectivity index (χ2n) is 11.4. The number of hydrogen-bond acceptors (Lipinski definition) is 9. The normalized spacial score (nSPS) is 26.7. The molecule has 0 amide bonds. The van der Waals surface area contributed by atoms with Crippen LogP contribution < -0.4 is 26.6 Å². The molecule has 1 aliphatic heterocycles. The summed E-state index contributed by atoms with van der Waals surface area (Å²) >= 11 is 1.95. The molecule has 3 aliphatic rings. The molecule has 0 aromatic carbocycles. The minimum atomic E-state index is 0.528. The molecule has 0 radical (unpaired) electrons. The van der Waals surface area contributed by atoms with Crippen molar-refractivity contribution in [2.75, 3.05) is 58.9 Å². The van der Waals surface area contributed by atoms with Crippen molar-refractivity contribution in [3.05, 3.63) is 23.5 Å². The van der Waals surface area contributed by atoms with Gasteiger partial charge in [-0.05, 0) is 57.2 Å². The van der Waals surface area contributed by atoms with Gasteiger partial charge in [0, 0.05) is 81.3 Å². The molecule has 0 spiro atoms. The highest BCUT2D eigenvalue weighted by Gasteiger charge is 2.26. The van der Waals surface area contributed by atoms with E-state index in [0.717, 1.165) is 64.5 Å². The quantitative estimate of drug-likeness (QED) is 0.195. The Morgan fingerprint density at radius 2 is 1.36 bits per heavy atom. The molecular formula is C30H54N6O2S. The van der Waals surface area contributed by atoms with E-state index in [0.29, 0.717) is 37.4 Å². The first-order valence-electron chi connectivity index (χ1n) is 15.7. The number of thioether (sulfide) groups is 1.